The summed E-state index contributed by atoms with van der Waals surface area (Å²) in [5.74, 6) is 1.96. The van der Waals surface area contributed by atoms with Crippen molar-refractivity contribution in [2.45, 2.75) is 33.4 Å². The summed E-state index contributed by atoms with van der Waals surface area (Å²) in [4.78, 5) is 14.3. The number of carbonyl (C=O) groups is 1. The van der Waals surface area contributed by atoms with Crippen molar-refractivity contribution in [1.29, 1.82) is 0 Å². The number of amides is 1. The second kappa shape index (κ2) is 8.78. The van der Waals surface area contributed by atoms with Crippen LogP contribution in [0.15, 0.2) is 28.8 Å². The van der Waals surface area contributed by atoms with E-state index in [0.29, 0.717) is 5.75 Å². The van der Waals surface area contributed by atoms with Crippen LogP contribution in [0.2, 0.25) is 0 Å². The maximum atomic E-state index is 12.1. The molecule has 0 fully saturated rings. The number of hydrogen-bond acceptors (Lipinski definition) is 5. The molecule has 0 radical (unpaired) electrons. The number of carbonyl (C=O) groups excluding carboxylic acids is 1. The molecule has 1 heterocycles. The van der Waals surface area contributed by atoms with Gasteiger partial charge in [-0.2, -0.15) is 0 Å². The summed E-state index contributed by atoms with van der Waals surface area (Å²) < 4.78 is 5.13. The predicted molar refractivity (Wildman–Crippen MR) is 101 cm³/mol. The van der Waals surface area contributed by atoms with E-state index in [2.05, 4.69) is 29.2 Å². The average molecular weight is 347 g/mol. The molecule has 0 bridgehead atoms. The zero-order valence-electron chi connectivity index (χ0n) is 14.8. The molecule has 1 aromatic carbocycles. The highest BCUT2D eigenvalue weighted by molar-refractivity contribution is 7.99. The van der Waals surface area contributed by atoms with Crippen molar-refractivity contribution in [2.24, 2.45) is 0 Å². The van der Waals surface area contributed by atoms with Gasteiger partial charge in [0.15, 0.2) is 0 Å². The van der Waals surface area contributed by atoms with E-state index in [4.69, 9.17) is 4.52 Å². The Kier molecular flexibility index (Phi) is 6.73. The van der Waals surface area contributed by atoms with E-state index in [0.717, 1.165) is 41.5 Å². The topological polar surface area (TPSA) is 58.4 Å². The van der Waals surface area contributed by atoms with Crippen molar-refractivity contribution in [1.82, 2.24) is 5.16 Å². The number of nitrogens with zero attached hydrogens (tertiary/aromatic N) is 2. The Hall–Kier alpha value is -1.95. The molecule has 0 unspecified atom stereocenters. The lowest BCUT2D eigenvalue weighted by molar-refractivity contribution is -0.113. The predicted octanol–water partition coefficient (Wildman–Crippen LogP) is 4.01. The fourth-order valence-corrected chi connectivity index (χ4v) is 3.47. The minimum absolute atomic E-state index is 0.00218. The van der Waals surface area contributed by atoms with Gasteiger partial charge in [0.2, 0.25) is 5.91 Å². The van der Waals surface area contributed by atoms with Crippen molar-refractivity contribution in [3.63, 3.8) is 0 Å². The molecule has 6 heteroatoms. The second-order valence-corrected chi connectivity index (χ2v) is 6.55. The van der Waals surface area contributed by atoms with Crippen LogP contribution in [0.4, 0.5) is 11.4 Å². The SMILES string of the molecule is CCN(CC)c1ccc(NC(=O)CSCc2c(C)noc2C)cc1. The number of benzene rings is 1. The molecular formula is C18H25N3O2S. The van der Waals surface area contributed by atoms with Crippen molar-refractivity contribution >= 4 is 29.0 Å². The van der Waals surface area contributed by atoms with Crippen molar-refractivity contribution in [2.75, 3.05) is 29.1 Å². The van der Waals surface area contributed by atoms with Crippen LogP contribution >= 0.6 is 11.8 Å². The van der Waals surface area contributed by atoms with Gasteiger partial charge < -0.3 is 14.7 Å². The summed E-state index contributed by atoms with van der Waals surface area (Å²) in [6.07, 6.45) is 0. The molecule has 0 saturated heterocycles. The highest BCUT2D eigenvalue weighted by atomic mass is 32.2. The number of rotatable bonds is 8. The standard InChI is InChI=1S/C18H25N3O2S/c1-5-21(6-2)16-9-7-15(8-10-16)19-18(22)12-24-11-17-13(3)20-23-14(17)4/h7-10H,5-6,11-12H2,1-4H3,(H,19,22). The van der Waals surface area contributed by atoms with Gasteiger partial charge in [-0.1, -0.05) is 5.16 Å². The summed E-state index contributed by atoms with van der Waals surface area (Å²) in [7, 11) is 0. The third-order valence-electron chi connectivity index (χ3n) is 3.94. The van der Waals surface area contributed by atoms with Crippen molar-refractivity contribution in [3.05, 3.63) is 41.3 Å². The van der Waals surface area contributed by atoms with Crippen LogP contribution in [0, 0.1) is 13.8 Å². The Balaban J connectivity index is 1.82. The summed E-state index contributed by atoms with van der Waals surface area (Å²) in [5.41, 5.74) is 3.98. The quantitative estimate of drug-likeness (QED) is 0.782. The third kappa shape index (κ3) is 4.77. The van der Waals surface area contributed by atoms with E-state index in [1.54, 1.807) is 11.8 Å². The minimum Gasteiger partial charge on any atom is -0.372 e. The van der Waals surface area contributed by atoms with E-state index in [-0.39, 0.29) is 5.91 Å². The highest BCUT2D eigenvalue weighted by Gasteiger charge is 2.10. The lowest BCUT2D eigenvalue weighted by Gasteiger charge is -2.21. The molecule has 0 atom stereocenters. The fraction of sp³-hybridized carbons (Fsp3) is 0.444. The van der Waals surface area contributed by atoms with Gasteiger partial charge >= 0.3 is 0 Å². The van der Waals surface area contributed by atoms with Gasteiger partial charge in [0.05, 0.1) is 11.4 Å². The molecule has 5 nitrogen and oxygen atoms in total. The van der Waals surface area contributed by atoms with E-state index in [1.807, 2.05) is 38.1 Å². The molecule has 0 spiro atoms. The van der Waals surface area contributed by atoms with Gasteiger partial charge in [-0.25, -0.2) is 0 Å². The molecule has 24 heavy (non-hydrogen) atoms. The number of anilines is 2. The maximum Gasteiger partial charge on any atom is 0.234 e. The van der Waals surface area contributed by atoms with Gasteiger partial charge in [-0.15, -0.1) is 11.8 Å². The van der Waals surface area contributed by atoms with Crippen LogP contribution in [0.5, 0.6) is 0 Å². The summed E-state index contributed by atoms with van der Waals surface area (Å²) >= 11 is 1.56. The third-order valence-corrected chi connectivity index (χ3v) is 4.90. The molecule has 2 aromatic rings. The largest absolute Gasteiger partial charge is 0.372 e. The monoisotopic (exact) mass is 347 g/mol. The minimum atomic E-state index is 0.00218. The van der Waals surface area contributed by atoms with Crippen LogP contribution in [0.1, 0.15) is 30.9 Å². The number of aromatic nitrogens is 1. The van der Waals surface area contributed by atoms with Crippen LogP contribution in [-0.4, -0.2) is 29.9 Å². The fourth-order valence-electron chi connectivity index (χ4n) is 2.50. The Bertz CT molecular complexity index is 644. The Morgan fingerprint density at radius 2 is 1.88 bits per heavy atom. The van der Waals surface area contributed by atoms with E-state index in [9.17, 15) is 4.79 Å². The number of thioether (sulfide) groups is 1. The van der Waals surface area contributed by atoms with Gasteiger partial charge in [-0.05, 0) is 52.0 Å². The average Bonchev–Trinajstić information content (AvgIpc) is 2.89. The van der Waals surface area contributed by atoms with E-state index < -0.39 is 0 Å². The van der Waals surface area contributed by atoms with Crippen molar-refractivity contribution in [3.8, 4) is 0 Å². The lowest BCUT2D eigenvalue weighted by Crippen LogP contribution is -2.21. The summed E-state index contributed by atoms with van der Waals surface area (Å²) in [6.45, 7) is 10.0. The molecule has 1 aromatic heterocycles. The van der Waals surface area contributed by atoms with Gasteiger partial charge in [0, 0.05) is 35.8 Å². The van der Waals surface area contributed by atoms with Crippen LogP contribution in [0.25, 0.3) is 0 Å². The van der Waals surface area contributed by atoms with Crippen LogP contribution in [-0.2, 0) is 10.5 Å². The zero-order chi connectivity index (χ0) is 17.5. The van der Waals surface area contributed by atoms with Gasteiger partial charge in [0.1, 0.15) is 5.76 Å². The first-order valence-electron chi connectivity index (χ1n) is 8.19. The first-order chi connectivity index (χ1) is 11.5. The van der Waals surface area contributed by atoms with Crippen LogP contribution < -0.4 is 10.2 Å². The number of nitrogens with one attached hydrogen (secondary N) is 1. The Morgan fingerprint density at radius 3 is 2.42 bits per heavy atom. The zero-order valence-corrected chi connectivity index (χ0v) is 15.6. The highest BCUT2D eigenvalue weighted by Crippen LogP contribution is 2.20. The normalized spacial score (nSPS) is 10.7. The summed E-state index contributed by atoms with van der Waals surface area (Å²) in [6, 6.07) is 7.98. The second-order valence-electron chi connectivity index (χ2n) is 5.56. The first kappa shape index (κ1) is 18.4. The molecule has 0 aliphatic heterocycles. The molecule has 0 aliphatic rings. The Morgan fingerprint density at radius 1 is 1.21 bits per heavy atom. The van der Waals surface area contributed by atoms with Crippen LogP contribution in [0.3, 0.4) is 0 Å². The van der Waals surface area contributed by atoms with E-state index in [1.165, 1.54) is 5.69 Å². The first-order valence-corrected chi connectivity index (χ1v) is 9.35. The molecule has 1 amide bonds. The van der Waals surface area contributed by atoms with Gasteiger partial charge in [-0.3, -0.25) is 4.79 Å². The number of hydrogen-bond donors (Lipinski definition) is 1. The summed E-state index contributed by atoms with van der Waals surface area (Å²) in [5, 5.41) is 6.86. The Labute approximate surface area is 147 Å². The molecular weight excluding hydrogens is 322 g/mol. The lowest BCUT2D eigenvalue weighted by atomic mass is 10.2. The van der Waals surface area contributed by atoms with Crippen molar-refractivity contribution < 1.29 is 9.32 Å². The van der Waals surface area contributed by atoms with Gasteiger partial charge in [0.25, 0.3) is 0 Å². The molecule has 2 rings (SSSR count). The molecule has 0 saturated carbocycles. The number of aryl methyl sites for hydroxylation is 2. The molecule has 0 aliphatic carbocycles. The van der Waals surface area contributed by atoms with E-state index >= 15 is 0 Å². The maximum absolute atomic E-state index is 12.1. The molecule has 130 valence electrons. The smallest absolute Gasteiger partial charge is 0.234 e. The molecule has 1 N–H and O–H groups in total.